The van der Waals surface area contributed by atoms with Gasteiger partial charge >= 0.3 is 0 Å². The first-order chi connectivity index (χ1) is 11.8. The SMILES string of the molecule is COc1ccc(CCc2ccccc2OCC2CNC=CN2)cc1. The summed E-state index contributed by atoms with van der Waals surface area (Å²) < 4.78 is 11.2. The Morgan fingerprint density at radius 1 is 1.00 bits per heavy atom. The molecule has 4 heteroatoms. The van der Waals surface area contributed by atoms with Crippen LogP contribution >= 0.6 is 0 Å². The Bertz CT molecular complexity index is 668. The molecule has 2 aromatic rings. The second-order valence-corrected chi connectivity index (χ2v) is 5.87. The molecule has 0 bridgehead atoms. The van der Waals surface area contributed by atoms with Crippen molar-refractivity contribution in [2.45, 2.75) is 18.9 Å². The second-order valence-electron chi connectivity index (χ2n) is 5.87. The van der Waals surface area contributed by atoms with Gasteiger partial charge in [-0.05, 0) is 42.2 Å². The molecule has 0 aliphatic carbocycles. The normalized spacial score (nSPS) is 16.1. The average Bonchev–Trinajstić information content (AvgIpc) is 2.66. The lowest BCUT2D eigenvalue weighted by Gasteiger charge is -2.22. The minimum Gasteiger partial charge on any atom is -0.497 e. The number of ether oxygens (including phenoxy) is 2. The van der Waals surface area contributed by atoms with Crippen LogP contribution < -0.4 is 20.1 Å². The Morgan fingerprint density at radius 3 is 2.58 bits per heavy atom. The van der Waals surface area contributed by atoms with Crippen molar-refractivity contribution < 1.29 is 9.47 Å². The molecular formula is C20H24N2O2. The fourth-order valence-electron chi connectivity index (χ4n) is 2.73. The highest BCUT2D eigenvalue weighted by Gasteiger charge is 2.11. The van der Waals surface area contributed by atoms with Gasteiger partial charge in [-0.25, -0.2) is 0 Å². The molecule has 24 heavy (non-hydrogen) atoms. The molecule has 0 aromatic heterocycles. The summed E-state index contributed by atoms with van der Waals surface area (Å²) >= 11 is 0. The summed E-state index contributed by atoms with van der Waals surface area (Å²) in [6.45, 7) is 1.53. The third-order valence-corrected chi connectivity index (χ3v) is 4.15. The standard InChI is InChI=1S/C20H24N2O2/c1-23-19-10-7-16(8-11-19)6-9-17-4-2-3-5-20(17)24-15-18-14-21-12-13-22-18/h2-5,7-8,10-13,18,21-22H,6,9,14-15H2,1H3. The molecule has 0 radical (unpaired) electrons. The Balaban J connectivity index is 1.57. The van der Waals surface area contributed by atoms with Crippen molar-refractivity contribution >= 4 is 0 Å². The maximum atomic E-state index is 6.05. The molecule has 1 aliphatic rings. The number of rotatable bonds is 7. The highest BCUT2D eigenvalue weighted by Crippen LogP contribution is 2.21. The van der Waals surface area contributed by atoms with Crippen LogP contribution in [0.2, 0.25) is 0 Å². The highest BCUT2D eigenvalue weighted by molar-refractivity contribution is 5.35. The van der Waals surface area contributed by atoms with Gasteiger partial charge < -0.3 is 20.1 Å². The van der Waals surface area contributed by atoms with Crippen LogP contribution in [0.4, 0.5) is 0 Å². The molecule has 1 atom stereocenters. The molecule has 126 valence electrons. The fraction of sp³-hybridized carbons (Fsp3) is 0.300. The van der Waals surface area contributed by atoms with E-state index in [0.717, 1.165) is 30.9 Å². The van der Waals surface area contributed by atoms with E-state index in [1.165, 1.54) is 11.1 Å². The Labute approximate surface area is 143 Å². The lowest BCUT2D eigenvalue weighted by atomic mass is 10.0. The van der Waals surface area contributed by atoms with Crippen LogP contribution in [0.3, 0.4) is 0 Å². The smallest absolute Gasteiger partial charge is 0.122 e. The Morgan fingerprint density at radius 2 is 1.83 bits per heavy atom. The number of hydrogen-bond acceptors (Lipinski definition) is 4. The lowest BCUT2D eigenvalue weighted by molar-refractivity contribution is 0.267. The summed E-state index contributed by atoms with van der Waals surface area (Å²) in [6, 6.07) is 16.8. The first-order valence-corrected chi connectivity index (χ1v) is 8.33. The quantitative estimate of drug-likeness (QED) is 0.822. The Hall–Kier alpha value is -2.62. The van der Waals surface area contributed by atoms with Gasteiger partial charge in [0.1, 0.15) is 18.1 Å². The van der Waals surface area contributed by atoms with E-state index in [1.807, 2.05) is 30.6 Å². The summed E-state index contributed by atoms with van der Waals surface area (Å²) in [6.07, 6.45) is 5.78. The summed E-state index contributed by atoms with van der Waals surface area (Å²) in [4.78, 5) is 0. The van der Waals surface area contributed by atoms with E-state index in [1.54, 1.807) is 7.11 Å². The largest absolute Gasteiger partial charge is 0.497 e. The van der Waals surface area contributed by atoms with E-state index in [-0.39, 0.29) is 0 Å². The molecule has 1 heterocycles. The molecule has 0 saturated heterocycles. The molecule has 2 N–H and O–H groups in total. The number of benzene rings is 2. The van der Waals surface area contributed by atoms with E-state index in [2.05, 4.69) is 41.0 Å². The zero-order valence-electron chi connectivity index (χ0n) is 14.0. The van der Waals surface area contributed by atoms with E-state index in [0.29, 0.717) is 12.6 Å². The van der Waals surface area contributed by atoms with Crippen LogP contribution in [0.5, 0.6) is 11.5 Å². The first kappa shape index (κ1) is 16.2. The van der Waals surface area contributed by atoms with E-state index in [4.69, 9.17) is 9.47 Å². The van der Waals surface area contributed by atoms with Gasteiger partial charge in [0.15, 0.2) is 0 Å². The van der Waals surface area contributed by atoms with E-state index < -0.39 is 0 Å². The molecule has 0 saturated carbocycles. The minimum absolute atomic E-state index is 0.296. The molecular weight excluding hydrogens is 300 g/mol. The van der Waals surface area contributed by atoms with Gasteiger partial charge in [-0.2, -0.15) is 0 Å². The number of nitrogens with one attached hydrogen (secondary N) is 2. The van der Waals surface area contributed by atoms with Crippen LogP contribution in [0.25, 0.3) is 0 Å². The summed E-state index contributed by atoms with van der Waals surface area (Å²) in [5.41, 5.74) is 2.54. The third kappa shape index (κ3) is 4.44. The van der Waals surface area contributed by atoms with Gasteiger partial charge in [0, 0.05) is 18.9 Å². The molecule has 2 aromatic carbocycles. The first-order valence-electron chi connectivity index (χ1n) is 8.33. The van der Waals surface area contributed by atoms with Crippen molar-refractivity contribution in [2.75, 3.05) is 20.3 Å². The van der Waals surface area contributed by atoms with Crippen LogP contribution in [0.1, 0.15) is 11.1 Å². The molecule has 0 amide bonds. The zero-order valence-corrected chi connectivity index (χ0v) is 14.0. The lowest BCUT2D eigenvalue weighted by Crippen LogP contribution is -2.42. The van der Waals surface area contributed by atoms with Gasteiger partial charge in [0.05, 0.1) is 13.2 Å². The van der Waals surface area contributed by atoms with Crippen LogP contribution in [0, 0.1) is 0 Å². The van der Waals surface area contributed by atoms with Gasteiger partial charge in [0.25, 0.3) is 0 Å². The van der Waals surface area contributed by atoms with E-state index >= 15 is 0 Å². The maximum absolute atomic E-state index is 6.05. The predicted octanol–water partition coefficient (Wildman–Crippen LogP) is 2.89. The minimum atomic E-state index is 0.296. The Kier molecular flexibility index (Phi) is 5.61. The monoisotopic (exact) mass is 324 g/mol. The topological polar surface area (TPSA) is 42.5 Å². The fourth-order valence-corrected chi connectivity index (χ4v) is 2.73. The number of aryl methyl sites for hydroxylation is 2. The van der Waals surface area contributed by atoms with Gasteiger partial charge in [-0.1, -0.05) is 30.3 Å². The van der Waals surface area contributed by atoms with Crippen molar-refractivity contribution in [2.24, 2.45) is 0 Å². The van der Waals surface area contributed by atoms with Gasteiger partial charge in [0.2, 0.25) is 0 Å². The van der Waals surface area contributed by atoms with Gasteiger partial charge in [-0.3, -0.25) is 0 Å². The highest BCUT2D eigenvalue weighted by atomic mass is 16.5. The number of methoxy groups -OCH3 is 1. The van der Waals surface area contributed by atoms with Crippen LogP contribution in [-0.2, 0) is 12.8 Å². The average molecular weight is 324 g/mol. The predicted molar refractivity (Wildman–Crippen MR) is 96.4 cm³/mol. The van der Waals surface area contributed by atoms with E-state index in [9.17, 15) is 0 Å². The summed E-state index contributed by atoms with van der Waals surface area (Å²) in [5, 5.41) is 6.51. The summed E-state index contributed by atoms with van der Waals surface area (Å²) in [7, 11) is 1.69. The van der Waals surface area contributed by atoms with Gasteiger partial charge in [-0.15, -0.1) is 0 Å². The van der Waals surface area contributed by atoms with Crippen molar-refractivity contribution in [1.29, 1.82) is 0 Å². The van der Waals surface area contributed by atoms with Crippen molar-refractivity contribution in [3.63, 3.8) is 0 Å². The van der Waals surface area contributed by atoms with Crippen LogP contribution in [-0.4, -0.2) is 26.3 Å². The maximum Gasteiger partial charge on any atom is 0.122 e. The number of hydrogen-bond donors (Lipinski definition) is 2. The molecule has 4 nitrogen and oxygen atoms in total. The third-order valence-electron chi connectivity index (χ3n) is 4.15. The second kappa shape index (κ2) is 8.29. The molecule has 0 spiro atoms. The molecule has 3 rings (SSSR count). The summed E-state index contributed by atoms with van der Waals surface area (Å²) in [5.74, 6) is 1.87. The zero-order chi connectivity index (χ0) is 16.6. The molecule has 0 fully saturated rings. The van der Waals surface area contributed by atoms with Crippen LogP contribution in [0.15, 0.2) is 60.9 Å². The number of para-hydroxylation sites is 1. The van der Waals surface area contributed by atoms with Crippen molar-refractivity contribution in [3.8, 4) is 11.5 Å². The molecule has 1 aliphatic heterocycles. The molecule has 1 unspecified atom stereocenters. The van der Waals surface area contributed by atoms with Crippen molar-refractivity contribution in [1.82, 2.24) is 10.6 Å². The van der Waals surface area contributed by atoms with Crippen molar-refractivity contribution in [3.05, 3.63) is 72.1 Å².